The van der Waals surface area contributed by atoms with Gasteiger partial charge in [0.2, 0.25) is 5.01 Å². The molecule has 0 aliphatic carbocycles. The number of nitrogens with zero attached hydrogens (tertiary/aromatic N) is 3. The van der Waals surface area contributed by atoms with Crippen LogP contribution in [0.5, 0.6) is 5.75 Å². The molecule has 32 heavy (non-hydrogen) atoms. The van der Waals surface area contributed by atoms with E-state index in [2.05, 4.69) is 20.8 Å². The normalized spacial score (nSPS) is 15.5. The van der Waals surface area contributed by atoms with Crippen LogP contribution in [0.2, 0.25) is 0 Å². The molecule has 0 radical (unpaired) electrons. The van der Waals surface area contributed by atoms with Gasteiger partial charge in [0.1, 0.15) is 16.6 Å². The quantitative estimate of drug-likeness (QED) is 0.585. The summed E-state index contributed by atoms with van der Waals surface area (Å²) in [6.07, 6.45) is 1.55. The second kappa shape index (κ2) is 9.31. The van der Waals surface area contributed by atoms with Gasteiger partial charge in [0.15, 0.2) is 0 Å². The molecule has 1 saturated heterocycles. The van der Waals surface area contributed by atoms with E-state index in [1.54, 1.807) is 12.0 Å². The van der Waals surface area contributed by atoms with Gasteiger partial charge < -0.3 is 20.3 Å². The summed E-state index contributed by atoms with van der Waals surface area (Å²) < 4.78 is 18.4. The Bertz CT molecular complexity index is 1130. The van der Waals surface area contributed by atoms with Gasteiger partial charge in [-0.3, -0.25) is 4.79 Å². The van der Waals surface area contributed by atoms with Gasteiger partial charge in [0.05, 0.1) is 18.8 Å². The minimum Gasteiger partial charge on any atom is -0.495 e. The van der Waals surface area contributed by atoms with Crippen LogP contribution < -0.4 is 15.4 Å². The van der Waals surface area contributed by atoms with E-state index in [-0.39, 0.29) is 22.9 Å². The van der Waals surface area contributed by atoms with Crippen molar-refractivity contribution >= 4 is 34.6 Å². The Hall–Kier alpha value is -3.53. The molecule has 1 atom stereocenters. The Morgan fingerprint density at radius 1 is 1.16 bits per heavy atom. The highest BCUT2D eigenvalue weighted by Crippen LogP contribution is 2.35. The van der Waals surface area contributed by atoms with Crippen molar-refractivity contribution in [2.75, 3.05) is 24.3 Å². The smallest absolute Gasteiger partial charge is 0.322 e. The van der Waals surface area contributed by atoms with Gasteiger partial charge in [-0.1, -0.05) is 17.4 Å². The number of amides is 3. The monoisotopic (exact) mass is 455 g/mol. The summed E-state index contributed by atoms with van der Waals surface area (Å²) in [5, 5.41) is 14.5. The average Bonchev–Trinajstić information content (AvgIpc) is 3.45. The van der Waals surface area contributed by atoms with Gasteiger partial charge in [-0.2, -0.15) is 0 Å². The predicted molar refractivity (Wildman–Crippen MR) is 120 cm³/mol. The van der Waals surface area contributed by atoms with Crippen molar-refractivity contribution in [2.24, 2.45) is 0 Å². The second-order valence-electron chi connectivity index (χ2n) is 7.39. The van der Waals surface area contributed by atoms with Crippen molar-refractivity contribution in [3.63, 3.8) is 0 Å². The summed E-state index contributed by atoms with van der Waals surface area (Å²) >= 11 is 1.14. The molecule has 4 rings (SSSR count). The summed E-state index contributed by atoms with van der Waals surface area (Å²) in [6.45, 7) is 2.51. The Balaban J connectivity index is 1.46. The molecule has 8 nitrogen and oxygen atoms in total. The van der Waals surface area contributed by atoms with Crippen molar-refractivity contribution in [3.05, 3.63) is 63.9 Å². The fraction of sp³-hybridized carbons (Fsp3) is 0.273. The Labute approximate surface area is 188 Å². The van der Waals surface area contributed by atoms with E-state index in [4.69, 9.17) is 4.74 Å². The molecule has 3 aromatic rings. The molecule has 2 heterocycles. The van der Waals surface area contributed by atoms with Crippen LogP contribution in [0.4, 0.5) is 20.6 Å². The first-order valence-corrected chi connectivity index (χ1v) is 10.9. The first kappa shape index (κ1) is 21.7. The van der Waals surface area contributed by atoms with E-state index in [0.29, 0.717) is 28.7 Å². The van der Waals surface area contributed by atoms with Crippen LogP contribution in [0, 0.1) is 12.7 Å². The number of urea groups is 1. The molecular formula is C22H22FN5O3S. The van der Waals surface area contributed by atoms with Gasteiger partial charge in [-0.05, 0) is 61.7 Å². The third-order valence-corrected chi connectivity index (χ3v) is 6.16. The van der Waals surface area contributed by atoms with Crippen LogP contribution in [0.25, 0.3) is 0 Å². The van der Waals surface area contributed by atoms with E-state index in [1.807, 2.05) is 25.1 Å². The standard InChI is InChI=1S/C22H22FN5O3S/c1-13-5-10-18(31-2)16(12-13)25-22(30)28-11-3-4-17(28)20-26-27-21(32-20)19(29)24-15-8-6-14(23)7-9-15/h5-10,12,17H,3-4,11H2,1-2H3,(H,24,29)(H,25,30)/t17-/m1/s1. The lowest BCUT2D eigenvalue weighted by molar-refractivity contribution is 0.102. The molecule has 1 aliphatic rings. The van der Waals surface area contributed by atoms with Gasteiger partial charge in [0, 0.05) is 12.2 Å². The Kier molecular flexibility index (Phi) is 6.31. The zero-order valence-corrected chi connectivity index (χ0v) is 18.4. The number of carbonyl (C=O) groups is 2. The number of anilines is 2. The lowest BCUT2D eigenvalue weighted by Gasteiger charge is -2.23. The highest BCUT2D eigenvalue weighted by molar-refractivity contribution is 7.13. The van der Waals surface area contributed by atoms with Gasteiger partial charge in [-0.15, -0.1) is 10.2 Å². The summed E-state index contributed by atoms with van der Waals surface area (Å²) in [4.78, 5) is 27.2. The maximum absolute atomic E-state index is 13.0. The number of hydrogen-bond donors (Lipinski definition) is 2. The molecule has 166 valence electrons. The number of methoxy groups -OCH3 is 1. The molecule has 1 aromatic heterocycles. The number of rotatable bonds is 5. The molecule has 0 unspecified atom stereocenters. The van der Waals surface area contributed by atoms with Crippen LogP contribution in [-0.4, -0.2) is 40.7 Å². The van der Waals surface area contributed by atoms with E-state index < -0.39 is 5.91 Å². The third kappa shape index (κ3) is 4.70. The lowest BCUT2D eigenvalue weighted by atomic mass is 10.2. The number of carbonyl (C=O) groups excluding carboxylic acids is 2. The number of hydrogen-bond acceptors (Lipinski definition) is 6. The maximum Gasteiger partial charge on any atom is 0.322 e. The molecule has 2 N–H and O–H groups in total. The number of aromatic nitrogens is 2. The summed E-state index contributed by atoms with van der Waals surface area (Å²) in [6, 6.07) is 10.5. The molecule has 1 fully saturated rings. The van der Waals surface area contributed by atoms with E-state index in [0.717, 1.165) is 29.7 Å². The van der Waals surface area contributed by atoms with Crippen molar-refractivity contribution in [1.29, 1.82) is 0 Å². The van der Waals surface area contributed by atoms with E-state index >= 15 is 0 Å². The first-order valence-electron chi connectivity index (χ1n) is 10.1. The van der Waals surface area contributed by atoms with Gasteiger partial charge in [0.25, 0.3) is 5.91 Å². The number of halogens is 1. The fourth-order valence-electron chi connectivity index (χ4n) is 3.55. The zero-order valence-electron chi connectivity index (χ0n) is 17.6. The predicted octanol–water partition coefficient (Wildman–Crippen LogP) is 4.62. The van der Waals surface area contributed by atoms with Crippen LogP contribution in [-0.2, 0) is 0 Å². The third-order valence-electron chi connectivity index (χ3n) is 5.13. The van der Waals surface area contributed by atoms with Crippen molar-refractivity contribution in [2.45, 2.75) is 25.8 Å². The van der Waals surface area contributed by atoms with Crippen molar-refractivity contribution < 1.29 is 18.7 Å². The number of benzene rings is 2. The lowest BCUT2D eigenvalue weighted by Crippen LogP contribution is -2.34. The molecule has 0 bridgehead atoms. The molecule has 10 heteroatoms. The largest absolute Gasteiger partial charge is 0.495 e. The molecule has 0 saturated carbocycles. The molecule has 3 amide bonds. The van der Waals surface area contributed by atoms with Crippen LogP contribution in [0.3, 0.4) is 0 Å². The highest BCUT2D eigenvalue weighted by atomic mass is 32.1. The van der Waals surface area contributed by atoms with E-state index in [9.17, 15) is 14.0 Å². The van der Waals surface area contributed by atoms with Crippen LogP contribution in [0.15, 0.2) is 42.5 Å². The summed E-state index contributed by atoms with van der Waals surface area (Å²) in [5.74, 6) is -0.238. The van der Waals surface area contributed by atoms with E-state index in [1.165, 1.54) is 24.3 Å². The summed E-state index contributed by atoms with van der Waals surface area (Å²) in [5.41, 5.74) is 2.06. The highest BCUT2D eigenvalue weighted by Gasteiger charge is 2.33. The van der Waals surface area contributed by atoms with Crippen molar-refractivity contribution in [3.8, 4) is 5.75 Å². The summed E-state index contributed by atoms with van der Waals surface area (Å²) in [7, 11) is 1.55. The zero-order chi connectivity index (χ0) is 22.7. The molecule has 2 aromatic carbocycles. The van der Waals surface area contributed by atoms with Crippen molar-refractivity contribution in [1.82, 2.24) is 15.1 Å². The first-order chi connectivity index (χ1) is 15.4. The molecular weight excluding hydrogens is 433 g/mol. The minimum absolute atomic E-state index is 0.178. The number of ether oxygens (including phenoxy) is 1. The Morgan fingerprint density at radius 3 is 2.69 bits per heavy atom. The average molecular weight is 456 g/mol. The van der Waals surface area contributed by atoms with Crippen LogP contribution in [0.1, 0.15) is 39.3 Å². The molecule has 0 spiro atoms. The number of aryl methyl sites for hydroxylation is 1. The number of nitrogens with one attached hydrogen (secondary N) is 2. The van der Waals surface area contributed by atoms with Gasteiger partial charge >= 0.3 is 6.03 Å². The fourth-order valence-corrected chi connectivity index (χ4v) is 4.44. The topological polar surface area (TPSA) is 96.4 Å². The SMILES string of the molecule is COc1ccc(C)cc1NC(=O)N1CCC[C@@H]1c1nnc(C(=O)Nc2ccc(F)cc2)s1. The number of likely N-dealkylation sites (tertiary alicyclic amines) is 1. The molecule has 1 aliphatic heterocycles. The second-order valence-corrected chi connectivity index (χ2v) is 8.40. The maximum atomic E-state index is 13.0. The van der Waals surface area contributed by atoms with Gasteiger partial charge in [-0.25, -0.2) is 9.18 Å². The van der Waals surface area contributed by atoms with Crippen LogP contribution >= 0.6 is 11.3 Å². The minimum atomic E-state index is -0.432. The Morgan fingerprint density at radius 2 is 1.94 bits per heavy atom.